The van der Waals surface area contributed by atoms with Gasteiger partial charge < -0.3 is 5.32 Å². The summed E-state index contributed by atoms with van der Waals surface area (Å²) in [5, 5.41) is 5.35. The zero-order chi connectivity index (χ0) is 14.0. The Bertz CT molecular complexity index is 596. The summed E-state index contributed by atoms with van der Waals surface area (Å²) in [6, 6.07) is 6.11. The summed E-state index contributed by atoms with van der Waals surface area (Å²) in [6.45, 7) is 7.46. The predicted molar refractivity (Wildman–Crippen MR) is 92.3 cm³/mol. The third-order valence-electron chi connectivity index (χ3n) is 3.01. The summed E-state index contributed by atoms with van der Waals surface area (Å²) in [7, 11) is 0. The van der Waals surface area contributed by atoms with Gasteiger partial charge in [0.15, 0.2) is 0 Å². The van der Waals surface area contributed by atoms with Crippen LogP contribution in [0.2, 0.25) is 5.02 Å². The van der Waals surface area contributed by atoms with Gasteiger partial charge in [0.1, 0.15) is 0 Å². The van der Waals surface area contributed by atoms with E-state index in [0.717, 1.165) is 43.8 Å². The van der Waals surface area contributed by atoms with E-state index in [-0.39, 0.29) is 0 Å². The van der Waals surface area contributed by atoms with E-state index in [1.165, 1.54) is 0 Å². The molecule has 0 spiro atoms. The third kappa shape index (κ3) is 3.31. The molecule has 1 heterocycles. The Morgan fingerprint density at radius 3 is 2.68 bits per heavy atom. The van der Waals surface area contributed by atoms with Gasteiger partial charge in [-0.15, -0.1) is 0 Å². The van der Waals surface area contributed by atoms with Crippen molar-refractivity contribution in [2.45, 2.75) is 33.1 Å². The van der Waals surface area contributed by atoms with E-state index in [1.54, 1.807) is 0 Å². The van der Waals surface area contributed by atoms with Crippen molar-refractivity contribution in [1.82, 2.24) is 4.98 Å². The number of hydrogen-bond donors (Lipinski definition) is 1. The third-order valence-corrected chi connectivity index (χ3v) is 4.05. The van der Waals surface area contributed by atoms with Gasteiger partial charge in [0.2, 0.25) is 0 Å². The SMILES string of the molecule is CCCNc1cc(C(C)C)nc2c(I)cc(Cl)cc12. The molecule has 0 saturated carbocycles. The molecule has 4 heteroatoms. The van der Waals surface area contributed by atoms with Crippen molar-refractivity contribution in [3.05, 3.63) is 32.5 Å². The second kappa shape index (κ2) is 6.27. The topological polar surface area (TPSA) is 24.9 Å². The highest BCUT2D eigenvalue weighted by molar-refractivity contribution is 14.1. The normalized spacial score (nSPS) is 11.3. The number of anilines is 1. The van der Waals surface area contributed by atoms with E-state index in [9.17, 15) is 0 Å². The lowest BCUT2D eigenvalue weighted by atomic mass is 10.1. The number of hydrogen-bond acceptors (Lipinski definition) is 2. The van der Waals surface area contributed by atoms with Crippen molar-refractivity contribution < 1.29 is 0 Å². The van der Waals surface area contributed by atoms with Crippen LogP contribution in [0.1, 0.15) is 38.8 Å². The molecule has 102 valence electrons. The molecule has 2 nitrogen and oxygen atoms in total. The average Bonchev–Trinajstić information content (AvgIpc) is 2.35. The summed E-state index contributed by atoms with van der Waals surface area (Å²) >= 11 is 8.48. The molecule has 2 aromatic rings. The number of benzene rings is 1. The lowest BCUT2D eigenvalue weighted by molar-refractivity contribution is 0.829. The Labute approximate surface area is 133 Å². The minimum atomic E-state index is 0.415. The number of nitrogens with zero attached hydrogens (tertiary/aromatic N) is 1. The fourth-order valence-electron chi connectivity index (χ4n) is 1.97. The Morgan fingerprint density at radius 2 is 2.05 bits per heavy atom. The number of rotatable bonds is 4. The molecule has 2 rings (SSSR count). The van der Waals surface area contributed by atoms with Crippen LogP contribution < -0.4 is 5.32 Å². The van der Waals surface area contributed by atoms with Crippen LogP contribution in [0.3, 0.4) is 0 Å². The summed E-state index contributed by atoms with van der Waals surface area (Å²) in [5.74, 6) is 0.415. The molecule has 19 heavy (non-hydrogen) atoms. The molecule has 0 fully saturated rings. The maximum absolute atomic E-state index is 6.17. The summed E-state index contributed by atoms with van der Waals surface area (Å²) in [4.78, 5) is 4.78. The first-order chi connectivity index (χ1) is 9.02. The Hall–Kier alpha value is -0.550. The Balaban J connectivity index is 2.67. The molecule has 0 aliphatic carbocycles. The van der Waals surface area contributed by atoms with Crippen molar-refractivity contribution in [2.75, 3.05) is 11.9 Å². The van der Waals surface area contributed by atoms with E-state index in [1.807, 2.05) is 12.1 Å². The van der Waals surface area contributed by atoms with Crippen molar-refractivity contribution in [1.29, 1.82) is 0 Å². The number of fused-ring (bicyclic) bond motifs is 1. The second-order valence-corrected chi connectivity index (χ2v) is 6.56. The maximum atomic E-state index is 6.17. The Kier molecular flexibility index (Phi) is 4.90. The minimum absolute atomic E-state index is 0.415. The highest BCUT2D eigenvalue weighted by atomic mass is 127. The lowest BCUT2D eigenvalue weighted by Gasteiger charge is -2.14. The van der Waals surface area contributed by atoms with Crippen LogP contribution in [0.25, 0.3) is 10.9 Å². The lowest BCUT2D eigenvalue weighted by Crippen LogP contribution is -2.04. The molecule has 1 aromatic carbocycles. The van der Waals surface area contributed by atoms with Crippen molar-refractivity contribution in [3.63, 3.8) is 0 Å². The summed E-state index contributed by atoms with van der Waals surface area (Å²) in [5.41, 5.74) is 3.29. The molecular formula is C15H18ClIN2. The smallest absolute Gasteiger partial charge is 0.0860 e. The first-order valence-electron chi connectivity index (χ1n) is 6.56. The fraction of sp³-hybridized carbons (Fsp3) is 0.400. The highest BCUT2D eigenvalue weighted by Gasteiger charge is 2.11. The molecule has 0 bridgehead atoms. The second-order valence-electron chi connectivity index (χ2n) is 4.96. The van der Waals surface area contributed by atoms with Gasteiger partial charge in [-0.25, -0.2) is 0 Å². The molecule has 0 radical (unpaired) electrons. The minimum Gasteiger partial charge on any atom is -0.384 e. The molecule has 0 atom stereocenters. The molecule has 0 unspecified atom stereocenters. The van der Waals surface area contributed by atoms with E-state index >= 15 is 0 Å². The van der Waals surface area contributed by atoms with Crippen LogP contribution in [0, 0.1) is 3.57 Å². The zero-order valence-corrected chi connectivity index (χ0v) is 14.3. The largest absolute Gasteiger partial charge is 0.384 e. The van der Waals surface area contributed by atoms with Crippen LogP contribution in [0.4, 0.5) is 5.69 Å². The number of aromatic nitrogens is 1. The van der Waals surface area contributed by atoms with Crippen LogP contribution in [0.5, 0.6) is 0 Å². The van der Waals surface area contributed by atoms with Crippen LogP contribution >= 0.6 is 34.2 Å². The van der Waals surface area contributed by atoms with E-state index < -0.39 is 0 Å². The summed E-state index contributed by atoms with van der Waals surface area (Å²) < 4.78 is 1.10. The van der Waals surface area contributed by atoms with Crippen LogP contribution in [-0.4, -0.2) is 11.5 Å². The molecular weight excluding hydrogens is 371 g/mol. The first-order valence-corrected chi connectivity index (χ1v) is 8.02. The predicted octanol–water partition coefficient (Wildman–Crippen LogP) is 5.44. The zero-order valence-electron chi connectivity index (χ0n) is 11.4. The Morgan fingerprint density at radius 1 is 1.32 bits per heavy atom. The van der Waals surface area contributed by atoms with E-state index in [0.29, 0.717) is 5.92 Å². The number of pyridine rings is 1. The van der Waals surface area contributed by atoms with Gasteiger partial charge in [-0.3, -0.25) is 4.98 Å². The average molecular weight is 389 g/mol. The first kappa shape index (κ1) is 14.9. The van der Waals surface area contributed by atoms with Crippen LogP contribution in [-0.2, 0) is 0 Å². The highest BCUT2D eigenvalue weighted by Crippen LogP contribution is 2.31. The fourth-order valence-corrected chi connectivity index (χ4v) is 3.12. The maximum Gasteiger partial charge on any atom is 0.0860 e. The molecule has 1 aromatic heterocycles. The number of halogens is 2. The molecule has 0 amide bonds. The van der Waals surface area contributed by atoms with Crippen molar-refractivity contribution in [2.24, 2.45) is 0 Å². The van der Waals surface area contributed by atoms with Gasteiger partial charge in [0, 0.05) is 31.9 Å². The van der Waals surface area contributed by atoms with Crippen molar-refractivity contribution in [3.8, 4) is 0 Å². The quantitative estimate of drug-likeness (QED) is 0.706. The van der Waals surface area contributed by atoms with Gasteiger partial charge in [0.25, 0.3) is 0 Å². The number of nitrogens with one attached hydrogen (secondary N) is 1. The van der Waals surface area contributed by atoms with E-state index in [2.05, 4.69) is 54.7 Å². The van der Waals surface area contributed by atoms with Gasteiger partial charge in [-0.2, -0.15) is 0 Å². The molecule has 0 saturated heterocycles. The van der Waals surface area contributed by atoms with Crippen molar-refractivity contribution >= 4 is 50.8 Å². The van der Waals surface area contributed by atoms with Gasteiger partial charge in [0.05, 0.1) is 5.52 Å². The monoisotopic (exact) mass is 388 g/mol. The molecule has 0 aliphatic rings. The van der Waals surface area contributed by atoms with Crippen LogP contribution in [0.15, 0.2) is 18.2 Å². The van der Waals surface area contributed by atoms with Gasteiger partial charge in [-0.1, -0.05) is 32.4 Å². The molecule has 1 N–H and O–H groups in total. The van der Waals surface area contributed by atoms with Gasteiger partial charge >= 0.3 is 0 Å². The standard InChI is InChI=1S/C15H18ClIN2/c1-4-5-18-14-8-13(9(2)3)19-15-11(14)6-10(16)7-12(15)17/h6-9H,4-5H2,1-3H3,(H,18,19). The molecule has 0 aliphatic heterocycles. The van der Waals surface area contributed by atoms with E-state index in [4.69, 9.17) is 16.6 Å². The summed E-state index contributed by atoms with van der Waals surface area (Å²) in [6.07, 6.45) is 1.10. The van der Waals surface area contributed by atoms with Gasteiger partial charge in [-0.05, 0) is 53.1 Å².